The van der Waals surface area contributed by atoms with Crippen molar-refractivity contribution in [3.05, 3.63) is 122 Å². The summed E-state index contributed by atoms with van der Waals surface area (Å²) < 4.78 is 15.4. The molecule has 0 radical (unpaired) electrons. The van der Waals surface area contributed by atoms with Gasteiger partial charge >= 0.3 is 0 Å². The number of thiazole rings is 1. The second-order valence-corrected chi connectivity index (χ2v) is 24.4. The lowest BCUT2D eigenvalue weighted by molar-refractivity contribution is -0.144. The van der Waals surface area contributed by atoms with Crippen molar-refractivity contribution in [3.63, 3.8) is 0 Å². The number of carbonyl (C=O) groups is 2. The highest BCUT2D eigenvalue weighted by atomic mass is 35.5. The molecular formula is C59H71ClN10O6S. The molecule has 5 fully saturated rings. The average molecular weight is 1080 g/mol. The van der Waals surface area contributed by atoms with Crippen LogP contribution in [0.25, 0.3) is 27.0 Å². The van der Waals surface area contributed by atoms with Crippen LogP contribution in [0.2, 0.25) is 5.02 Å². The van der Waals surface area contributed by atoms with Crippen molar-refractivity contribution in [1.82, 2.24) is 49.5 Å². The number of nitrogens with zero attached hydrogens (tertiary/aromatic N) is 9. The van der Waals surface area contributed by atoms with Crippen LogP contribution in [-0.2, 0) is 24.5 Å². The summed E-state index contributed by atoms with van der Waals surface area (Å²) in [6.45, 7) is 14.1. The molecule has 18 heteroatoms. The van der Waals surface area contributed by atoms with Crippen molar-refractivity contribution < 1.29 is 24.2 Å². The van der Waals surface area contributed by atoms with Crippen molar-refractivity contribution in [2.45, 2.75) is 120 Å². The second-order valence-electron chi connectivity index (χ2n) is 23.2. The fourth-order valence-electron chi connectivity index (χ4n) is 13.6. The summed E-state index contributed by atoms with van der Waals surface area (Å²) in [7, 11) is 0. The van der Waals surface area contributed by atoms with E-state index in [4.69, 9.17) is 31.4 Å². The van der Waals surface area contributed by atoms with E-state index in [0.717, 1.165) is 116 Å². The molecule has 1 saturated carbocycles. The van der Waals surface area contributed by atoms with Crippen LogP contribution in [0.4, 0.5) is 0 Å². The number of hydrogen-bond donors (Lipinski definition) is 2. The van der Waals surface area contributed by atoms with Crippen molar-refractivity contribution in [2.24, 2.45) is 11.8 Å². The molecule has 16 nitrogen and oxygen atoms in total. The molecule has 8 heterocycles. The Morgan fingerprint density at radius 3 is 2.39 bits per heavy atom. The van der Waals surface area contributed by atoms with Gasteiger partial charge in [-0.3, -0.25) is 23.9 Å². The van der Waals surface area contributed by atoms with Crippen LogP contribution in [-0.4, -0.2) is 146 Å². The lowest BCUT2D eigenvalue weighted by Crippen LogP contribution is -2.51. The molecule has 5 aliphatic heterocycles. The fourth-order valence-corrected chi connectivity index (χ4v) is 14.7. The summed E-state index contributed by atoms with van der Waals surface area (Å²) in [5, 5.41) is 24.9. The number of likely N-dealkylation sites (tertiary alicyclic amines) is 2. The summed E-state index contributed by atoms with van der Waals surface area (Å²) in [5.74, 6) is 1.54. The first-order valence-corrected chi connectivity index (χ1v) is 29.3. The molecule has 2 N–H and O–H groups in total. The van der Waals surface area contributed by atoms with Crippen LogP contribution in [0.15, 0.2) is 77.2 Å². The van der Waals surface area contributed by atoms with Crippen LogP contribution in [0.1, 0.15) is 129 Å². The van der Waals surface area contributed by atoms with E-state index in [1.165, 1.54) is 11.1 Å². The number of nitrogens with one attached hydrogen (secondary N) is 1. The number of morpholine rings is 1. The smallest absolute Gasteiger partial charge is 0.282 e. The largest absolute Gasteiger partial charge is 0.391 e. The van der Waals surface area contributed by atoms with Crippen LogP contribution in [0.3, 0.4) is 0 Å². The number of amides is 2. The third-order valence-corrected chi connectivity index (χ3v) is 19.3. The highest BCUT2D eigenvalue weighted by Crippen LogP contribution is 2.45. The van der Waals surface area contributed by atoms with Gasteiger partial charge in [0.15, 0.2) is 0 Å². The maximum atomic E-state index is 15.1. The highest BCUT2D eigenvalue weighted by molar-refractivity contribution is 7.13. The fraction of sp³-hybridized carbons (Fsp3) is 0.542. The van der Waals surface area contributed by atoms with Gasteiger partial charge in [-0.25, -0.2) is 9.67 Å². The van der Waals surface area contributed by atoms with Gasteiger partial charge in [0, 0.05) is 64.5 Å². The van der Waals surface area contributed by atoms with E-state index >= 15 is 4.79 Å². The Balaban J connectivity index is 0.686. The quantitative estimate of drug-likeness (QED) is 0.114. The summed E-state index contributed by atoms with van der Waals surface area (Å²) >= 11 is 8.18. The Morgan fingerprint density at radius 2 is 1.65 bits per heavy atom. The minimum atomic E-state index is -0.839. The Labute approximate surface area is 459 Å². The number of aliphatic hydroxyl groups is 1. The second kappa shape index (κ2) is 22.0. The predicted octanol–water partition coefficient (Wildman–Crippen LogP) is 7.97. The maximum Gasteiger partial charge on any atom is 0.282 e. The topological polar surface area (TPSA) is 173 Å². The Hall–Kier alpha value is -5.40. The monoisotopic (exact) mass is 1080 g/mol. The van der Waals surface area contributed by atoms with Crippen LogP contribution in [0, 0.1) is 18.8 Å². The van der Waals surface area contributed by atoms with Gasteiger partial charge in [-0.1, -0.05) is 59.3 Å². The highest BCUT2D eigenvalue weighted by Gasteiger charge is 2.46. The first kappa shape index (κ1) is 52.3. The zero-order valence-corrected chi connectivity index (χ0v) is 46.1. The zero-order chi connectivity index (χ0) is 53.0. The number of aromatic nitrogens is 6. The van der Waals surface area contributed by atoms with Gasteiger partial charge in [-0.15, -0.1) is 16.4 Å². The standard InChI is InChI=1S/C59H71ClN10O6S/c1-36-54(77-35-61-36)42-13-11-39(12-14-42)47(33-67-23-27-76-28-24-67)62-55(72)51-30-44(71)32-68(51)57(74)53(41-19-25-75-26-20-41)69-34-48(64-65-69)40-9-7-37(8-10-40)31-66-21-17-38(18-22-66)43-15-16-45-50(29-43)70-49-6-4-5-46(60)52(49)56(73)63-58(70)59(45,2)3/h4-6,11-16,29,34-35,37-38,40-41,44,47,51,53,71H,7-10,17-28,30-33H2,1-3H3,(H,62,72)/t37?,40?,44-,47+,51+,53+/m1/s1. The van der Waals surface area contributed by atoms with E-state index in [1.54, 1.807) is 27.0 Å². The van der Waals surface area contributed by atoms with E-state index < -0.39 is 23.6 Å². The van der Waals surface area contributed by atoms with E-state index in [9.17, 15) is 14.7 Å². The third kappa shape index (κ3) is 10.4. The van der Waals surface area contributed by atoms with Crippen molar-refractivity contribution in [2.75, 3.05) is 72.2 Å². The number of rotatable bonds is 13. The number of β-amino-alcohol motifs (C(OH)–C–C–N with tert-alkyl or cyclic N) is 1. The molecule has 4 atom stereocenters. The SMILES string of the molecule is Cc1ncsc1-c1ccc([C@H](CN2CCOCC2)NC(=O)[C@@H]2C[C@@H](O)CN2C(=O)[C@H](C2CCOCC2)n2cc(C3CCC(CN4CCC(c5ccc6c(c5)-n5c(nc(=O)c7c(Cl)cccc75)C6(C)C)CC4)CC3)nn2)cc1. The molecule has 12 rings (SSSR count). The minimum Gasteiger partial charge on any atom is -0.391 e. The van der Waals surface area contributed by atoms with Crippen LogP contribution < -0.4 is 10.9 Å². The Bertz CT molecular complexity index is 3170. The van der Waals surface area contributed by atoms with Crippen molar-refractivity contribution in [3.8, 4) is 16.1 Å². The molecular weight excluding hydrogens is 1010 g/mol. The number of fused-ring (bicyclic) bond motifs is 5. The van der Waals surface area contributed by atoms with Gasteiger partial charge in [0.2, 0.25) is 11.8 Å². The number of benzene rings is 3. The zero-order valence-electron chi connectivity index (χ0n) is 44.5. The summed E-state index contributed by atoms with van der Waals surface area (Å²) in [4.78, 5) is 59.6. The van der Waals surface area contributed by atoms with Crippen molar-refractivity contribution in [1.29, 1.82) is 0 Å². The Kier molecular flexibility index (Phi) is 15.0. The molecule has 0 unspecified atom stereocenters. The van der Waals surface area contributed by atoms with Crippen LogP contribution in [0.5, 0.6) is 0 Å². The summed E-state index contributed by atoms with van der Waals surface area (Å²) in [6, 6.07) is 19.0. The Morgan fingerprint density at radius 1 is 0.896 bits per heavy atom. The van der Waals surface area contributed by atoms with Gasteiger partial charge in [0.05, 0.1) is 74.2 Å². The number of aliphatic hydroxyl groups excluding tert-OH is 1. The summed E-state index contributed by atoms with van der Waals surface area (Å²) in [5.41, 5.74) is 9.54. The van der Waals surface area contributed by atoms with Crippen molar-refractivity contribution >= 4 is 45.7 Å². The first-order chi connectivity index (χ1) is 37.4. The molecule has 2 amide bonds. The molecule has 6 aliphatic rings. The van der Waals surface area contributed by atoms with E-state index in [0.29, 0.717) is 68.1 Å². The van der Waals surface area contributed by atoms with Crippen LogP contribution >= 0.6 is 22.9 Å². The number of aryl methyl sites for hydroxylation is 1. The summed E-state index contributed by atoms with van der Waals surface area (Å²) in [6.07, 6.45) is 9.15. The average Bonchev–Trinajstić information content (AvgIpc) is 4.46. The predicted molar refractivity (Wildman–Crippen MR) is 297 cm³/mol. The number of piperidine rings is 1. The van der Waals surface area contributed by atoms with Gasteiger partial charge in [0.1, 0.15) is 17.9 Å². The van der Waals surface area contributed by atoms with Gasteiger partial charge in [-0.05, 0) is 143 Å². The number of ether oxygens (including phenoxy) is 2. The number of halogens is 1. The third-order valence-electron chi connectivity index (χ3n) is 18.0. The number of carbonyl (C=O) groups excluding carboxylic acids is 2. The van der Waals surface area contributed by atoms with E-state index in [2.05, 4.69) is 86.0 Å². The van der Waals surface area contributed by atoms with E-state index in [-0.39, 0.29) is 48.2 Å². The molecule has 0 bridgehead atoms. The molecule has 3 aromatic carbocycles. The maximum absolute atomic E-state index is 15.1. The molecule has 406 valence electrons. The molecule has 1 aliphatic carbocycles. The lowest BCUT2D eigenvalue weighted by Gasteiger charge is -2.36. The van der Waals surface area contributed by atoms with Gasteiger partial charge in [0.25, 0.3) is 5.56 Å². The number of hydrogen-bond acceptors (Lipinski definition) is 13. The minimum absolute atomic E-state index is 0.0576. The lowest BCUT2D eigenvalue weighted by atomic mass is 9.80. The molecule has 6 aromatic rings. The first-order valence-electron chi connectivity index (χ1n) is 28.1. The van der Waals surface area contributed by atoms with Gasteiger partial charge in [-0.2, -0.15) is 4.98 Å². The molecule has 4 saturated heterocycles. The normalized spacial score (nSPS) is 24.2. The molecule has 3 aromatic heterocycles. The molecule has 77 heavy (non-hydrogen) atoms. The molecule has 0 spiro atoms. The van der Waals surface area contributed by atoms with E-state index in [1.807, 2.05) is 30.8 Å². The van der Waals surface area contributed by atoms with Gasteiger partial charge < -0.3 is 29.7 Å².